The topological polar surface area (TPSA) is 41.5 Å². The predicted molar refractivity (Wildman–Crippen MR) is 59.0 cm³/mol. The molecule has 1 fully saturated rings. The Morgan fingerprint density at radius 1 is 1.33 bits per heavy atom. The molecule has 0 radical (unpaired) electrons. The van der Waals surface area contributed by atoms with Crippen LogP contribution in [0.1, 0.15) is 12.0 Å². The van der Waals surface area contributed by atoms with E-state index in [1.165, 1.54) is 5.56 Å². The Labute approximate surface area is 90.1 Å². The first-order valence-corrected chi connectivity index (χ1v) is 5.45. The molecule has 1 aromatic carbocycles. The van der Waals surface area contributed by atoms with Crippen LogP contribution in [0.2, 0.25) is 0 Å². The number of hydrogen-bond donors (Lipinski definition) is 2. The average Bonchev–Trinajstić information content (AvgIpc) is 2.74. The van der Waals surface area contributed by atoms with Crippen molar-refractivity contribution in [2.75, 3.05) is 19.7 Å². The molecule has 0 saturated carbocycles. The molecule has 0 aromatic heterocycles. The van der Waals surface area contributed by atoms with Crippen LogP contribution in [0.25, 0.3) is 0 Å². The van der Waals surface area contributed by atoms with Crippen molar-refractivity contribution in [2.45, 2.75) is 18.9 Å². The van der Waals surface area contributed by atoms with E-state index in [-0.39, 0.29) is 0 Å². The molecule has 1 heterocycles. The average molecular weight is 207 g/mol. The molecule has 3 heteroatoms. The predicted octanol–water partition coefficient (Wildman–Crippen LogP) is 1.31. The van der Waals surface area contributed by atoms with E-state index in [2.05, 4.69) is 5.32 Å². The maximum Gasteiger partial charge on any atom is 0.115 e. The van der Waals surface area contributed by atoms with Gasteiger partial charge in [0.15, 0.2) is 0 Å². The van der Waals surface area contributed by atoms with Gasteiger partial charge in [0.05, 0.1) is 12.7 Å². The number of ether oxygens (including phenoxy) is 1. The van der Waals surface area contributed by atoms with E-state index in [0.717, 1.165) is 32.5 Å². The Morgan fingerprint density at radius 2 is 2.13 bits per heavy atom. The number of phenolic OH excluding ortho intramolecular Hbond substituents is 1. The van der Waals surface area contributed by atoms with Crippen LogP contribution in [0.15, 0.2) is 24.3 Å². The normalized spacial score (nSPS) is 20.7. The molecule has 1 atom stereocenters. The zero-order chi connectivity index (χ0) is 10.5. The van der Waals surface area contributed by atoms with Crippen LogP contribution in [0.4, 0.5) is 0 Å². The van der Waals surface area contributed by atoms with E-state index in [9.17, 15) is 0 Å². The molecule has 1 unspecified atom stereocenters. The van der Waals surface area contributed by atoms with Crippen LogP contribution in [0.5, 0.6) is 5.75 Å². The molecular formula is C12H17NO2. The van der Waals surface area contributed by atoms with Crippen molar-refractivity contribution < 1.29 is 9.84 Å². The SMILES string of the molecule is Oc1ccc(CCOC2CCNC2)cc1. The Hall–Kier alpha value is -1.06. The highest BCUT2D eigenvalue weighted by atomic mass is 16.5. The summed E-state index contributed by atoms with van der Waals surface area (Å²) in [5.74, 6) is 0.319. The van der Waals surface area contributed by atoms with Crippen LogP contribution < -0.4 is 5.32 Å². The second-order valence-electron chi connectivity index (χ2n) is 3.90. The second-order valence-corrected chi connectivity index (χ2v) is 3.90. The number of rotatable bonds is 4. The lowest BCUT2D eigenvalue weighted by atomic mass is 10.1. The molecular weight excluding hydrogens is 190 g/mol. The van der Waals surface area contributed by atoms with Gasteiger partial charge in [0.1, 0.15) is 5.75 Å². The minimum Gasteiger partial charge on any atom is -0.508 e. The van der Waals surface area contributed by atoms with Crippen LogP contribution in [-0.4, -0.2) is 30.9 Å². The van der Waals surface area contributed by atoms with Crippen molar-refractivity contribution in [1.29, 1.82) is 0 Å². The van der Waals surface area contributed by atoms with E-state index < -0.39 is 0 Å². The van der Waals surface area contributed by atoms with E-state index in [0.29, 0.717) is 11.9 Å². The van der Waals surface area contributed by atoms with Gasteiger partial charge in [0.25, 0.3) is 0 Å². The fourth-order valence-electron chi connectivity index (χ4n) is 1.78. The Balaban J connectivity index is 1.71. The number of nitrogens with one attached hydrogen (secondary N) is 1. The van der Waals surface area contributed by atoms with Gasteiger partial charge in [-0.3, -0.25) is 0 Å². The minimum absolute atomic E-state index is 0.319. The third-order valence-electron chi connectivity index (χ3n) is 2.70. The maximum absolute atomic E-state index is 9.12. The fraction of sp³-hybridized carbons (Fsp3) is 0.500. The molecule has 1 aromatic rings. The Bertz CT molecular complexity index is 291. The molecule has 15 heavy (non-hydrogen) atoms. The van der Waals surface area contributed by atoms with Crippen molar-refractivity contribution >= 4 is 0 Å². The quantitative estimate of drug-likeness (QED) is 0.782. The van der Waals surface area contributed by atoms with Crippen LogP contribution in [-0.2, 0) is 11.2 Å². The van der Waals surface area contributed by atoms with Crippen molar-refractivity contribution in [3.63, 3.8) is 0 Å². The van der Waals surface area contributed by atoms with Gasteiger partial charge in [-0.2, -0.15) is 0 Å². The summed E-state index contributed by atoms with van der Waals surface area (Å²) in [4.78, 5) is 0. The van der Waals surface area contributed by atoms with Gasteiger partial charge in [0, 0.05) is 6.54 Å². The molecule has 0 amide bonds. The first-order chi connectivity index (χ1) is 7.34. The molecule has 2 rings (SSSR count). The third kappa shape index (κ3) is 3.22. The Morgan fingerprint density at radius 3 is 2.80 bits per heavy atom. The summed E-state index contributed by atoms with van der Waals surface area (Å²) < 4.78 is 5.71. The van der Waals surface area contributed by atoms with Crippen molar-refractivity contribution in [2.24, 2.45) is 0 Å². The van der Waals surface area contributed by atoms with Crippen molar-refractivity contribution in [1.82, 2.24) is 5.32 Å². The van der Waals surface area contributed by atoms with Crippen molar-refractivity contribution in [3.8, 4) is 5.75 Å². The van der Waals surface area contributed by atoms with Crippen LogP contribution in [0, 0.1) is 0 Å². The summed E-state index contributed by atoms with van der Waals surface area (Å²) >= 11 is 0. The summed E-state index contributed by atoms with van der Waals surface area (Å²) in [5.41, 5.74) is 1.21. The molecule has 0 aliphatic carbocycles. The summed E-state index contributed by atoms with van der Waals surface area (Å²) in [6.45, 7) is 2.82. The second kappa shape index (κ2) is 5.14. The molecule has 0 bridgehead atoms. The largest absolute Gasteiger partial charge is 0.508 e. The highest BCUT2D eigenvalue weighted by molar-refractivity contribution is 5.25. The van der Waals surface area contributed by atoms with E-state index in [1.54, 1.807) is 12.1 Å². The molecule has 2 N–H and O–H groups in total. The minimum atomic E-state index is 0.319. The van der Waals surface area contributed by atoms with Gasteiger partial charge in [-0.05, 0) is 37.1 Å². The molecule has 82 valence electrons. The maximum atomic E-state index is 9.12. The lowest BCUT2D eigenvalue weighted by Crippen LogP contribution is -2.17. The summed E-state index contributed by atoms with van der Waals surface area (Å²) in [5, 5.41) is 12.4. The van der Waals surface area contributed by atoms with Crippen LogP contribution >= 0.6 is 0 Å². The summed E-state index contributed by atoms with van der Waals surface area (Å²) in [7, 11) is 0. The zero-order valence-corrected chi connectivity index (χ0v) is 8.78. The summed E-state index contributed by atoms with van der Waals surface area (Å²) in [6, 6.07) is 7.30. The number of aromatic hydroxyl groups is 1. The Kier molecular flexibility index (Phi) is 3.59. The zero-order valence-electron chi connectivity index (χ0n) is 8.78. The highest BCUT2D eigenvalue weighted by Crippen LogP contribution is 2.11. The van der Waals surface area contributed by atoms with Gasteiger partial charge >= 0.3 is 0 Å². The van der Waals surface area contributed by atoms with Crippen LogP contribution in [0.3, 0.4) is 0 Å². The fourth-order valence-corrected chi connectivity index (χ4v) is 1.78. The number of benzene rings is 1. The van der Waals surface area contributed by atoms with E-state index >= 15 is 0 Å². The first kappa shape index (κ1) is 10.5. The molecule has 1 saturated heterocycles. The molecule has 1 aliphatic rings. The van der Waals surface area contributed by atoms with Gasteiger partial charge < -0.3 is 15.2 Å². The smallest absolute Gasteiger partial charge is 0.115 e. The standard InChI is InChI=1S/C12H17NO2/c14-11-3-1-10(2-4-11)6-8-15-12-5-7-13-9-12/h1-4,12-14H,5-9H2. The molecule has 0 spiro atoms. The molecule has 1 aliphatic heterocycles. The van der Waals surface area contributed by atoms with E-state index in [1.807, 2.05) is 12.1 Å². The lowest BCUT2D eigenvalue weighted by molar-refractivity contribution is 0.0694. The van der Waals surface area contributed by atoms with Gasteiger partial charge in [-0.15, -0.1) is 0 Å². The van der Waals surface area contributed by atoms with Gasteiger partial charge in [-0.25, -0.2) is 0 Å². The van der Waals surface area contributed by atoms with Gasteiger partial charge in [-0.1, -0.05) is 12.1 Å². The molecule has 3 nitrogen and oxygen atoms in total. The first-order valence-electron chi connectivity index (χ1n) is 5.45. The summed E-state index contributed by atoms with van der Waals surface area (Å²) in [6.07, 6.45) is 2.42. The number of hydrogen-bond acceptors (Lipinski definition) is 3. The van der Waals surface area contributed by atoms with Crippen molar-refractivity contribution in [3.05, 3.63) is 29.8 Å². The van der Waals surface area contributed by atoms with Gasteiger partial charge in [0.2, 0.25) is 0 Å². The third-order valence-corrected chi connectivity index (χ3v) is 2.70. The lowest BCUT2D eigenvalue weighted by Gasteiger charge is -2.10. The monoisotopic (exact) mass is 207 g/mol. The highest BCUT2D eigenvalue weighted by Gasteiger charge is 2.13. The number of phenols is 1. The van der Waals surface area contributed by atoms with E-state index in [4.69, 9.17) is 9.84 Å².